The van der Waals surface area contributed by atoms with Gasteiger partial charge in [0.2, 0.25) is 5.91 Å². The van der Waals surface area contributed by atoms with Crippen LogP contribution in [-0.4, -0.2) is 26.4 Å². The summed E-state index contributed by atoms with van der Waals surface area (Å²) < 4.78 is 1.76. The van der Waals surface area contributed by atoms with Crippen molar-refractivity contribution in [3.8, 4) is 0 Å². The molecule has 0 saturated heterocycles. The van der Waals surface area contributed by atoms with Crippen LogP contribution < -0.4 is 5.32 Å². The minimum Gasteiger partial charge on any atom is -0.325 e. The normalized spacial score (nSPS) is 10.5. The van der Waals surface area contributed by atoms with E-state index in [0.717, 1.165) is 16.1 Å². The maximum Gasteiger partial charge on any atom is 0.234 e. The lowest BCUT2D eigenvalue weighted by Crippen LogP contribution is -2.14. The smallest absolute Gasteiger partial charge is 0.234 e. The molecule has 0 aliphatic rings. The highest BCUT2D eigenvalue weighted by Crippen LogP contribution is 2.19. The summed E-state index contributed by atoms with van der Waals surface area (Å²) in [6, 6.07) is 15.9. The Morgan fingerprint density at radius 1 is 1.12 bits per heavy atom. The minimum absolute atomic E-state index is 0.00963. The van der Waals surface area contributed by atoms with Crippen molar-refractivity contribution in [1.29, 1.82) is 0 Å². The third kappa shape index (κ3) is 4.70. The van der Waals surface area contributed by atoms with E-state index in [1.54, 1.807) is 11.0 Å². The lowest BCUT2D eigenvalue weighted by Gasteiger charge is -2.07. The number of hydrogen-bond donors (Lipinski definition) is 1. The third-order valence-corrected chi connectivity index (χ3v) is 4.45. The summed E-state index contributed by atoms with van der Waals surface area (Å²) in [5.41, 5.74) is 3.12. The van der Waals surface area contributed by atoms with E-state index in [2.05, 4.69) is 15.4 Å². The van der Waals surface area contributed by atoms with E-state index in [4.69, 9.17) is 0 Å². The van der Waals surface area contributed by atoms with Gasteiger partial charge >= 0.3 is 0 Å². The molecule has 6 heteroatoms. The molecule has 0 bridgehead atoms. The number of aryl methyl sites for hydroxylation is 1. The van der Waals surface area contributed by atoms with Gasteiger partial charge in [0.15, 0.2) is 0 Å². The Balaban J connectivity index is 1.49. The van der Waals surface area contributed by atoms with Gasteiger partial charge in [0.25, 0.3) is 0 Å². The number of carbonyl (C=O) groups is 1. The van der Waals surface area contributed by atoms with Crippen molar-refractivity contribution in [3.63, 3.8) is 0 Å². The predicted molar refractivity (Wildman–Crippen MR) is 96.1 cm³/mol. The zero-order chi connectivity index (χ0) is 16.8. The van der Waals surface area contributed by atoms with E-state index in [0.29, 0.717) is 12.3 Å². The Bertz CT molecular complexity index is 783. The van der Waals surface area contributed by atoms with Gasteiger partial charge in [-0.25, -0.2) is 9.67 Å². The van der Waals surface area contributed by atoms with E-state index in [9.17, 15) is 4.79 Å². The van der Waals surface area contributed by atoms with Crippen LogP contribution in [0.25, 0.3) is 0 Å². The van der Waals surface area contributed by atoms with E-state index < -0.39 is 0 Å². The van der Waals surface area contributed by atoms with Crippen LogP contribution in [0.4, 0.5) is 5.69 Å². The van der Waals surface area contributed by atoms with Gasteiger partial charge in [-0.2, -0.15) is 5.10 Å². The number of rotatable bonds is 6. The van der Waals surface area contributed by atoms with Crippen LogP contribution in [0, 0.1) is 6.92 Å². The number of carbonyl (C=O) groups excluding carboxylic acids is 1. The number of benzene rings is 2. The van der Waals surface area contributed by atoms with Gasteiger partial charge in [-0.3, -0.25) is 4.79 Å². The average molecular weight is 338 g/mol. The van der Waals surface area contributed by atoms with Gasteiger partial charge < -0.3 is 5.32 Å². The number of aromatic nitrogens is 3. The molecule has 5 nitrogen and oxygen atoms in total. The molecule has 1 heterocycles. The topological polar surface area (TPSA) is 59.8 Å². The average Bonchev–Trinajstić information content (AvgIpc) is 3.09. The molecule has 0 saturated carbocycles. The van der Waals surface area contributed by atoms with Gasteiger partial charge in [0.1, 0.15) is 12.7 Å². The molecular formula is C18H18N4OS. The van der Waals surface area contributed by atoms with Gasteiger partial charge in [-0.1, -0.05) is 29.8 Å². The van der Waals surface area contributed by atoms with Crippen molar-refractivity contribution in [3.05, 3.63) is 72.3 Å². The maximum absolute atomic E-state index is 12.0. The molecule has 0 spiro atoms. The summed E-state index contributed by atoms with van der Waals surface area (Å²) in [6.45, 7) is 2.71. The highest BCUT2D eigenvalue weighted by atomic mass is 32.2. The Morgan fingerprint density at radius 2 is 1.88 bits per heavy atom. The van der Waals surface area contributed by atoms with Gasteiger partial charge in [-0.15, -0.1) is 11.8 Å². The zero-order valence-corrected chi connectivity index (χ0v) is 14.2. The van der Waals surface area contributed by atoms with Crippen molar-refractivity contribution in [2.75, 3.05) is 11.1 Å². The Kier molecular flexibility index (Phi) is 5.28. The number of anilines is 1. The lowest BCUT2D eigenvalue weighted by atomic mass is 10.2. The van der Waals surface area contributed by atoms with Crippen molar-refractivity contribution in [1.82, 2.24) is 14.8 Å². The van der Waals surface area contributed by atoms with Crippen LogP contribution in [0.15, 0.2) is 66.1 Å². The number of amides is 1. The highest BCUT2D eigenvalue weighted by molar-refractivity contribution is 8.00. The summed E-state index contributed by atoms with van der Waals surface area (Å²) in [4.78, 5) is 17.1. The molecule has 0 unspecified atom stereocenters. The summed E-state index contributed by atoms with van der Waals surface area (Å²) in [7, 11) is 0. The van der Waals surface area contributed by atoms with Crippen LogP contribution >= 0.6 is 11.8 Å². The number of thioether (sulfide) groups is 1. The minimum atomic E-state index is -0.00963. The quantitative estimate of drug-likeness (QED) is 0.700. The first kappa shape index (κ1) is 16.3. The second-order valence-electron chi connectivity index (χ2n) is 5.44. The molecule has 0 fully saturated rings. The van der Waals surface area contributed by atoms with Crippen LogP contribution in [-0.2, 0) is 11.3 Å². The Hall–Kier alpha value is -2.60. The standard InChI is InChI=1S/C18H18N4OS/c1-14-2-8-17(9-3-14)24-11-18(23)21-16-6-4-15(5-7-16)10-22-13-19-12-20-22/h2-9,12-13H,10-11H2,1H3,(H,21,23). The lowest BCUT2D eigenvalue weighted by molar-refractivity contribution is -0.113. The van der Waals surface area contributed by atoms with Crippen molar-refractivity contribution in [2.24, 2.45) is 0 Å². The SMILES string of the molecule is Cc1ccc(SCC(=O)Nc2ccc(Cn3cncn3)cc2)cc1. The van der Waals surface area contributed by atoms with Gasteiger partial charge in [0, 0.05) is 10.6 Å². The second-order valence-corrected chi connectivity index (χ2v) is 6.49. The molecule has 2 aromatic carbocycles. The van der Waals surface area contributed by atoms with Crippen LogP contribution in [0.2, 0.25) is 0 Å². The Labute approximate surface area is 145 Å². The fourth-order valence-electron chi connectivity index (χ4n) is 2.18. The first-order chi connectivity index (χ1) is 11.7. The zero-order valence-electron chi connectivity index (χ0n) is 13.3. The highest BCUT2D eigenvalue weighted by Gasteiger charge is 2.04. The number of nitrogens with zero attached hydrogens (tertiary/aromatic N) is 3. The van der Waals surface area contributed by atoms with Gasteiger partial charge in [0.05, 0.1) is 12.3 Å². The predicted octanol–water partition coefficient (Wildman–Crippen LogP) is 3.37. The monoisotopic (exact) mass is 338 g/mol. The molecule has 0 radical (unpaired) electrons. The first-order valence-corrected chi connectivity index (χ1v) is 8.58. The van der Waals surface area contributed by atoms with Crippen LogP contribution in [0.3, 0.4) is 0 Å². The maximum atomic E-state index is 12.0. The molecule has 122 valence electrons. The van der Waals surface area contributed by atoms with Crippen LogP contribution in [0.1, 0.15) is 11.1 Å². The van der Waals surface area contributed by atoms with Crippen molar-refractivity contribution >= 4 is 23.4 Å². The van der Waals surface area contributed by atoms with Gasteiger partial charge in [-0.05, 0) is 36.8 Å². The first-order valence-electron chi connectivity index (χ1n) is 7.60. The number of nitrogens with one attached hydrogen (secondary N) is 1. The third-order valence-electron chi connectivity index (χ3n) is 3.44. The van der Waals surface area contributed by atoms with E-state index >= 15 is 0 Å². The fraction of sp³-hybridized carbons (Fsp3) is 0.167. The summed E-state index contributed by atoms with van der Waals surface area (Å²) in [5.74, 6) is 0.383. The van der Waals surface area contributed by atoms with E-state index in [1.165, 1.54) is 23.7 Å². The summed E-state index contributed by atoms with van der Waals surface area (Å²) >= 11 is 1.53. The molecular weight excluding hydrogens is 320 g/mol. The van der Waals surface area contributed by atoms with Crippen LogP contribution in [0.5, 0.6) is 0 Å². The fourth-order valence-corrected chi connectivity index (χ4v) is 2.87. The second kappa shape index (κ2) is 7.79. The molecule has 0 aliphatic carbocycles. The molecule has 24 heavy (non-hydrogen) atoms. The molecule has 1 amide bonds. The summed E-state index contributed by atoms with van der Waals surface area (Å²) in [5, 5.41) is 6.99. The molecule has 3 aromatic rings. The molecule has 1 N–H and O–H groups in total. The molecule has 1 aromatic heterocycles. The van der Waals surface area contributed by atoms with Crippen molar-refractivity contribution in [2.45, 2.75) is 18.4 Å². The van der Waals surface area contributed by atoms with Crippen molar-refractivity contribution < 1.29 is 4.79 Å². The van der Waals surface area contributed by atoms with E-state index in [-0.39, 0.29) is 5.91 Å². The number of hydrogen-bond acceptors (Lipinski definition) is 4. The molecule has 3 rings (SSSR count). The van der Waals surface area contributed by atoms with E-state index in [1.807, 2.05) is 55.5 Å². The largest absolute Gasteiger partial charge is 0.325 e. The molecule has 0 atom stereocenters. The summed E-state index contributed by atoms with van der Waals surface area (Å²) in [6.07, 6.45) is 3.19. The Morgan fingerprint density at radius 3 is 2.54 bits per heavy atom. The molecule has 0 aliphatic heterocycles.